The number of hydrogen-bond acceptors (Lipinski definition) is 3. The molecule has 0 aliphatic heterocycles. The fourth-order valence-electron chi connectivity index (χ4n) is 2.01. The molecule has 92 valence electrons. The van der Waals surface area contributed by atoms with Gasteiger partial charge >= 0.3 is 0 Å². The van der Waals surface area contributed by atoms with Crippen LogP contribution in [0.1, 0.15) is 26.1 Å². The van der Waals surface area contributed by atoms with Gasteiger partial charge in [0, 0.05) is 31.8 Å². The van der Waals surface area contributed by atoms with Gasteiger partial charge in [-0.05, 0) is 6.42 Å². The van der Waals surface area contributed by atoms with Crippen LogP contribution in [0.4, 0.5) is 5.82 Å². The van der Waals surface area contributed by atoms with E-state index >= 15 is 0 Å². The van der Waals surface area contributed by atoms with Crippen LogP contribution in [0.25, 0.3) is 11.3 Å². The third kappa shape index (κ3) is 2.05. The number of aryl methyl sites for hydroxylation is 2. The SMILES string of the molecule is CCCn1c(CC)nc(-c2cnn(C)c2)c1N. The molecule has 0 aromatic carbocycles. The van der Waals surface area contributed by atoms with Gasteiger partial charge in [-0.15, -0.1) is 0 Å². The Bertz CT molecular complexity index is 509. The summed E-state index contributed by atoms with van der Waals surface area (Å²) in [5.74, 6) is 1.79. The molecule has 0 radical (unpaired) electrons. The molecular formula is C12H19N5. The van der Waals surface area contributed by atoms with Crippen LogP contribution < -0.4 is 5.73 Å². The van der Waals surface area contributed by atoms with E-state index in [9.17, 15) is 0 Å². The van der Waals surface area contributed by atoms with Crippen molar-refractivity contribution in [2.75, 3.05) is 5.73 Å². The van der Waals surface area contributed by atoms with Crippen molar-refractivity contribution < 1.29 is 0 Å². The van der Waals surface area contributed by atoms with Gasteiger partial charge in [-0.3, -0.25) is 4.68 Å². The molecule has 0 saturated heterocycles. The lowest BCUT2D eigenvalue weighted by Crippen LogP contribution is -2.06. The predicted octanol–water partition coefficient (Wildman–Crippen LogP) is 1.84. The third-order valence-electron chi connectivity index (χ3n) is 2.83. The number of nitrogen functional groups attached to an aromatic ring is 1. The highest BCUT2D eigenvalue weighted by Gasteiger charge is 2.15. The number of nitrogens with zero attached hydrogens (tertiary/aromatic N) is 4. The highest BCUT2D eigenvalue weighted by Crippen LogP contribution is 2.26. The van der Waals surface area contributed by atoms with Crippen LogP contribution in [-0.2, 0) is 20.0 Å². The van der Waals surface area contributed by atoms with Crippen LogP contribution >= 0.6 is 0 Å². The number of hydrogen-bond donors (Lipinski definition) is 1. The number of rotatable bonds is 4. The summed E-state index contributed by atoms with van der Waals surface area (Å²) in [7, 11) is 1.89. The lowest BCUT2D eigenvalue weighted by Gasteiger charge is -2.06. The molecule has 5 nitrogen and oxygen atoms in total. The molecule has 0 fully saturated rings. The molecule has 17 heavy (non-hydrogen) atoms. The van der Waals surface area contributed by atoms with Gasteiger partial charge in [-0.2, -0.15) is 5.10 Å². The first-order valence-electron chi connectivity index (χ1n) is 6.01. The van der Waals surface area contributed by atoms with Crippen molar-refractivity contribution in [1.82, 2.24) is 19.3 Å². The molecule has 2 rings (SSSR count). The van der Waals surface area contributed by atoms with Crippen molar-refractivity contribution in [3.05, 3.63) is 18.2 Å². The Morgan fingerprint density at radius 1 is 1.35 bits per heavy atom. The van der Waals surface area contributed by atoms with Crippen molar-refractivity contribution in [2.24, 2.45) is 7.05 Å². The zero-order valence-corrected chi connectivity index (χ0v) is 10.6. The van der Waals surface area contributed by atoms with Crippen LogP contribution in [0.15, 0.2) is 12.4 Å². The monoisotopic (exact) mass is 233 g/mol. The summed E-state index contributed by atoms with van der Waals surface area (Å²) in [4.78, 5) is 4.62. The zero-order chi connectivity index (χ0) is 12.4. The van der Waals surface area contributed by atoms with E-state index in [0.717, 1.165) is 42.3 Å². The van der Waals surface area contributed by atoms with E-state index in [4.69, 9.17) is 5.73 Å². The second kappa shape index (κ2) is 4.61. The Hall–Kier alpha value is -1.78. The Morgan fingerprint density at radius 3 is 2.65 bits per heavy atom. The molecule has 2 N–H and O–H groups in total. The normalized spacial score (nSPS) is 11.0. The molecule has 0 saturated carbocycles. The number of aromatic nitrogens is 4. The van der Waals surface area contributed by atoms with Crippen molar-refractivity contribution >= 4 is 5.82 Å². The molecule has 0 spiro atoms. The molecule has 2 aromatic rings. The summed E-state index contributed by atoms with van der Waals surface area (Å²) in [6.45, 7) is 5.16. The standard InChI is InChI=1S/C12H19N5/c1-4-6-17-10(5-2)15-11(12(17)13)9-7-14-16(3)8-9/h7-8H,4-6,13H2,1-3H3. The minimum absolute atomic E-state index is 0.747. The number of nitrogens with two attached hydrogens (primary N) is 1. The van der Waals surface area contributed by atoms with Crippen LogP contribution in [0.5, 0.6) is 0 Å². The summed E-state index contributed by atoms with van der Waals surface area (Å²) in [6, 6.07) is 0. The molecule has 0 bridgehead atoms. The van der Waals surface area contributed by atoms with Crippen LogP contribution in [0.2, 0.25) is 0 Å². The summed E-state index contributed by atoms with van der Waals surface area (Å²) < 4.78 is 3.86. The van der Waals surface area contributed by atoms with Gasteiger partial charge in [0.2, 0.25) is 0 Å². The molecule has 2 heterocycles. The maximum Gasteiger partial charge on any atom is 0.131 e. The van der Waals surface area contributed by atoms with Gasteiger partial charge in [-0.25, -0.2) is 4.98 Å². The molecule has 0 atom stereocenters. The molecule has 0 unspecified atom stereocenters. The Kier molecular flexibility index (Phi) is 3.17. The quantitative estimate of drug-likeness (QED) is 0.876. The Balaban J connectivity index is 2.48. The Labute approximate surface area is 101 Å². The second-order valence-corrected chi connectivity index (χ2v) is 4.17. The lowest BCUT2D eigenvalue weighted by molar-refractivity contribution is 0.650. The maximum absolute atomic E-state index is 6.17. The summed E-state index contributed by atoms with van der Waals surface area (Å²) in [6.07, 6.45) is 5.69. The minimum atomic E-state index is 0.747. The lowest BCUT2D eigenvalue weighted by atomic mass is 10.2. The van der Waals surface area contributed by atoms with Crippen LogP contribution in [-0.4, -0.2) is 19.3 Å². The summed E-state index contributed by atoms with van der Waals surface area (Å²) in [5.41, 5.74) is 8.00. The highest BCUT2D eigenvalue weighted by atomic mass is 15.2. The summed E-state index contributed by atoms with van der Waals surface area (Å²) >= 11 is 0. The first-order chi connectivity index (χ1) is 8.17. The zero-order valence-electron chi connectivity index (χ0n) is 10.6. The second-order valence-electron chi connectivity index (χ2n) is 4.17. The van der Waals surface area contributed by atoms with Gasteiger partial charge in [-0.1, -0.05) is 13.8 Å². The first kappa shape index (κ1) is 11.7. The van der Waals surface area contributed by atoms with Crippen molar-refractivity contribution in [1.29, 1.82) is 0 Å². The van der Waals surface area contributed by atoms with Gasteiger partial charge in [0.15, 0.2) is 0 Å². The highest BCUT2D eigenvalue weighted by molar-refractivity contribution is 5.69. The van der Waals surface area contributed by atoms with Gasteiger partial charge < -0.3 is 10.3 Å². The average molecular weight is 233 g/mol. The van der Waals surface area contributed by atoms with Crippen molar-refractivity contribution in [3.63, 3.8) is 0 Å². The first-order valence-corrected chi connectivity index (χ1v) is 6.01. The maximum atomic E-state index is 6.17. The van der Waals surface area contributed by atoms with Crippen molar-refractivity contribution in [3.8, 4) is 11.3 Å². The van der Waals surface area contributed by atoms with E-state index in [1.165, 1.54) is 0 Å². The molecule has 0 aliphatic rings. The van der Waals surface area contributed by atoms with Crippen molar-refractivity contribution in [2.45, 2.75) is 33.2 Å². The number of imidazole rings is 1. The van der Waals surface area contributed by atoms with Gasteiger partial charge in [0.05, 0.1) is 6.20 Å². The minimum Gasteiger partial charge on any atom is -0.383 e. The fraction of sp³-hybridized carbons (Fsp3) is 0.500. The molecule has 2 aromatic heterocycles. The van der Waals surface area contributed by atoms with E-state index in [-0.39, 0.29) is 0 Å². The molecular weight excluding hydrogens is 214 g/mol. The van der Waals surface area contributed by atoms with Crippen LogP contribution in [0, 0.1) is 0 Å². The van der Waals surface area contributed by atoms with E-state index in [2.05, 4.69) is 28.5 Å². The van der Waals surface area contributed by atoms with E-state index in [0.29, 0.717) is 0 Å². The largest absolute Gasteiger partial charge is 0.383 e. The smallest absolute Gasteiger partial charge is 0.131 e. The topological polar surface area (TPSA) is 61.7 Å². The number of anilines is 1. The van der Waals surface area contributed by atoms with E-state index in [1.54, 1.807) is 10.9 Å². The van der Waals surface area contributed by atoms with E-state index < -0.39 is 0 Å². The van der Waals surface area contributed by atoms with Gasteiger partial charge in [0.1, 0.15) is 17.3 Å². The third-order valence-corrected chi connectivity index (χ3v) is 2.83. The Morgan fingerprint density at radius 2 is 2.12 bits per heavy atom. The molecule has 0 amide bonds. The van der Waals surface area contributed by atoms with Gasteiger partial charge in [0.25, 0.3) is 0 Å². The fourth-order valence-corrected chi connectivity index (χ4v) is 2.01. The predicted molar refractivity (Wildman–Crippen MR) is 68.5 cm³/mol. The van der Waals surface area contributed by atoms with E-state index in [1.807, 2.05) is 13.2 Å². The molecule has 5 heteroatoms. The molecule has 0 aliphatic carbocycles. The average Bonchev–Trinajstić information content (AvgIpc) is 2.85. The summed E-state index contributed by atoms with van der Waals surface area (Å²) in [5, 5.41) is 4.16. The van der Waals surface area contributed by atoms with Crippen LogP contribution in [0.3, 0.4) is 0 Å².